The Morgan fingerprint density at radius 2 is 2.11 bits per heavy atom. The molecule has 0 unspecified atom stereocenters. The number of para-hydroxylation sites is 1. The summed E-state index contributed by atoms with van der Waals surface area (Å²) in [4.78, 5) is 42.2. The van der Waals surface area contributed by atoms with Crippen LogP contribution in [0.3, 0.4) is 0 Å². The second kappa shape index (κ2) is 6.82. The summed E-state index contributed by atoms with van der Waals surface area (Å²) >= 11 is 6.97. The average molecular weight is 421 g/mol. The largest absolute Gasteiger partial charge is 0.456 e. The van der Waals surface area contributed by atoms with Gasteiger partial charge >= 0.3 is 5.97 Å². The van der Waals surface area contributed by atoms with Crippen molar-refractivity contribution in [1.82, 2.24) is 14.5 Å². The van der Waals surface area contributed by atoms with Crippen molar-refractivity contribution >= 4 is 46.6 Å². The number of hydrogen-bond acceptors (Lipinski definition) is 7. The zero-order chi connectivity index (χ0) is 20.1. The number of hydrogen-bond donors (Lipinski definition) is 0. The summed E-state index contributed by atoms with van der Waals surface area (Å²) in [5.41, 5.74) is -0.364. The van der Waals surface area contributed by atoms with Crippen molar-refractivity contribution in [2.75, 3.05) is 4.90 Å². The Labute approximate surface area is 170 Å². The number of rotatable bonds is 4. The summed E-state index contributed by atoms with van der Waals surface area (Å²) in [6, 6.07) is 6.48. The van der Waals surface area contributed by atoms with Crippen LogP contribution in [0.4, 0.5) is 5.69 Å². The monoisotopic (exact) mass is 420 g/mol. The van der Waals surface area contributed by atoms with Crippen LogP contribution in [-0.4, -0.2) is 44.0 Å². The molecule has 1 fully saturated rings. The second-order valence-electron chi connectivity index (χ2n) is 6.90. The fourth-order valence-electron chi connectivity index (χ4n) is 3.91. The summed E-state index contributed by atoms with van der Waals surface area (Å²) in [6.07, 6.45) is 0.297. The van der Waals surface area contributed by atoms with Gasteiger partial charge in [0.25, 0.3) is 5.91 Å². The highest BCUT2D eigenvalue weighted by Crippen LogP contribution is 2.46. The lowest BCUT2D eigenvalue weighted by molar-refractivity contribution is -0.159. The van der Waals surface area contributed by atoms with Gasteiger partial charge in [-0.25, -0.2) is 4.79 Å². The fourth-order valence-corrected chi connectivity index (χ4v) is 4.51. The van der Waals surface area contributed by atoms with Crippen LogP contribution < -0.4 is 4.90 Å². The third-order valence-corrected chi connectivity index (χ3v) is 5.98. The van der Waals surface area contributed by atoms with Gasteiger partial charge in [0, 0.05) is 30.4 Å². The molecule has 0 N–H and O–H groups in total. The predicted molar refractivity (Wildman–Crippen MR) is 102 cm³/mol. The van der Waals surface area contributed by atoms with E-state index in [2.05, 4.69) is 9.59 Å². The Kier molecular flexibility index (Phi) is 4.59. The van der Waals surface area contributed by atoms with Gasteiger partial charge in [-0.05, 0) is 26.0 Å². The Morgan fingerprint density at radius 3 is 2.79 bits per heavy atom. The van der Waals surface area contributed by atoms with E-state index in [4.69, 9.17) is 16.3 Å². The fraction of sp³-hybridized carbons (Fsp3) is 0.389. The number of anilines is 1. The summed E-state index contributed by atoms with van der Waals surface area (Å²) < 4.78 is 9.54. The highest BCUT2D eigenvalue weighted by atomic mass is 35.5. The maximum Gasteiger partial charge on any atom is 0.354 e. The van der Waals surface area contributed by atoms with E-state index >= 15 is 0 Å². The van der Waals surface area contributed by atoms with E-state index in [1.54, 1.807) is 24.3 Å². The molecule has 146 valence electrons. The molecule has 10 heteroatoms. The Balaban J connectivity index is 1.79. The van der Waals surface area contributed by atoms with Crippen molar-refractivity contribution in [2.24, 2.45) is 0 Å². The van der Waals surface area contributed by atoms with E-state index in [1.165, 1.54) is 9.80 Å². The highest BCUT2D eigenvalue weighted by Gasteiger charge is 2.62. The molecule has 2 aliphatic rings. The van der Waals surface area contributed by atoms with Crippen LogP contribution in [-0.2, 0) is 20.9 Å². The molecule has 4 rings (SSSR count). The van der Waals surface area contributed by atoms with Crippen LogP contribution in [0, 0.1) is 0 Å². The van der Waals surface area contributed by atoms with Crippen molar-refractivity contribution in [1.29, 1.82) is 0 Å². The lowest BCUT2D eigenvalue weighted by Crippen LogP contribution is -2.70. The number of halogens is 1. The number of esters is 1. The molecule has 1 atom stereocenters. The maximum absolute atomic E-state index is 13.3. The Morgan fingerprint density at radius 1 is 1.36 bits per heavy atom. The van der Waals surface area contributed by atoms with Crippen LogP contribution in [0.15, 0.2) is 24.3 Å². The van der Waals surface area contributed by atoms with Gasteiger partial charge < -0.3 is 9.64 Å². The lowest BCUT2D eigenvalue weighted by Gasteiger charge is -2.50. The molecule has 8 nitrogen and oxygen atoms in total. The first kappa shape index (κ1) is 18.8. The van der Waals surface area contributed by atoms with Crippen LogP contribution in [0.1, 0.15) is 42.7 Å². The van der Waals surface area contributed by atoms with Crippen LogP contribution in [0.25, 0.3) is 0 Å². The number of fused-ring (bicyclic) bond motifs is 3. The highest BCUT2D eigenvalue weighted by molar-refractivity contribution is 7.10. The van der Waals surface area contributed by atoms with Gasteiger partial charge in [-0.1, -0.05) is 28.2 Å². The minimum Gasteiger partial charge on any atom is -0.456 e. The van der Waals surface area contributed by atoms with Crippen molar-refractivity contribution in [3.05, 3.63) is 39.9 Å². The summed E-state index contributed by atoms with van der Waals surface area (Å²) in [7, 11) is 0. The van der Waals surface area contributed by atoms with E-state index < -0.39 is 11.6 Å². The van der Waals surface area contributed by atoms with E-state index in [-0.39, 0.29) is 37.3 Å². The minimum atomic E-state index is -1.52. The number of aromatic nitrogens is 2. The lowest BCUT2D eigenvalue weighted by atomic mass is 9.95. The van der Waals surface area contributed by atoms with Crippen LogP contribution in [0.2, 0.25) is 4.34 Å². The summed E-state index contributed by atoms with van der Waals surface area (Å²) in [5, 5.41) is 3.83. The first-order valence-corrected chi connectivity index (χ1v) is 9.92. The molecule has 1 saturated heterocycles. The molecule has 3 heterocycles. The van der Waals surface area contributed by atoms with E-state index in [9.17, 15) is 14.4 Å². The second-order valence-corrected chi connectivity index (χ2v) is 8.26. The number of ether oxygens (including phenoxy) is 1. The molecule has 0 radical (unpaired) electrons. The number of amides is 2. The van der Waals surface area contributed by atoms with Gasteiger partial charge in [-0.3, -0.25) is 14.5 Å². The quantitative estimate of drug-likeness (QED) is 0.706. The average Bonchev–Trinajstić information content (AvgIpc) is 3.23. The molecule has 0 spiro atoms. The third-order valence-electron chi connectivity index (χ3n) is 4.99. The van der Waals surface area contributed by atoms with Gasteiger partial charge in [0.05, 0.1) is 11.3 Å². The molecule has 1 aromatic heterocycles. The normalized spacial score (nSPS) is 21.1. The molecule has 2 aromatic rings. The van der Waals surface area contributed by atoms with Crippen molar-refractivity contribution in [3.63, 3.8) is 0 Å². The molecule has 0 aliphatic carbocycles. The van der Waals surface area contributed by atoms with Gasteiger partial charge in [-0.2, -0.15) is 0 Å². The van der Waals surface area contributed by atoms with E-state index in [0.717, 1.165) is 11.5 Å². The molecule has 2 amide bonds. The van der Waals surface area contributed by atoms with E-state index in [1.807, 2.05) is 13.8 Å². The first-order chi connectivity index (χ1) is 13.4. The van der Waals surface area contributed by atoms with Crippen molar-refractivity contribution in [3.8, 4) is 0 Å². The molecule has 0 bridgehead atoms. The standard InChI is InChI=1S/C18H17ClN4O4S/c1-10(2)22-16(25)11-5-3-4-6-13(11)23-14(24)7-8-18(22,23)17(26)27-9-12-15(19)28-21-20-12/h3-6,10H,7-9H2,1-2H3/t18-/m1/s1. The maximum atomic E-state index is 13.3. The minimum absolute atomic E-state index is 0.138. The zero-order valence-electron chi connectivity index (χ0n) is 15.2. The third kappa shape index (κ3) is 2.61. The smallest absolute Gasteiger partial charge is 0.354 e. The van der Waals surface area contributed by atoms with Gasteiger partial charge in [-0.15, -0.1) is 5.10 Å². The number of nitrogens with zero attached hydrogens (tertiary/aromatic N) is 4. The van der Waals surface area contributed by atoms with Gasteiger partial charge in [0.15, 0.2) is 0 Å². The number of benzene rings is 1. The summed E-state index contributed by atoms with van der Waals surface area (Å²) in [6.45, 7) is 3.44. The number of carbonyl (C=O) groups excluding carboxylic acids is 3. The van der Waals surface area contributed by atoms with Gasteiger partial charge in [0.1, 0.15) is 16.6 Å². The molecular formula is C18H17ClN4O4S. The molecular weight excluding hydrogens is 404 g/mol. The first-order valence-electron chi connectivity index (χ1n) is 8.77. The summed E-state index contributed by atoms with van der Waals surface area (Å²) in [5.74, 6) is -1.21. The Hall–Kier alpha value is -2.52. The molecule has 28 heavy (non-hydrogen) atoms. The van der Waals surface area contributed by atoms with Gasteiger partial charge in [0.2, 0.25) is 11.6 Å². The van der Waals surface area contributed by atoms with Crippen molar-refractivity contribution in [2.45, 2.75) is 45.0 Å². The van der Waals surface area contributed by atoms with Crippen LogP contribution in [0.5, 0.6) is 0 Å². The molecule has 2 aliphatic heterocycles. The topological polar surface area (TPSA) is 92.7 Å². The van der Waals surface area contributed by atoms with E-state index in [0.29, 0.717) is 21.3 Å². The van der Waals surface area contributed by atoms with Crippen molar-refractivity contribution < 1.29 is 19.1 Å². The molecule has 1 aromatic carbocycles. The number of carbonyl (C=O) groups is 3. The zero-order valence-corrected chi connectivity index (χ0v) is 16.8. The SMILES string of the molecule is CC(C)N1C(=O)c2ccccc2N2C(=O)CC[C@]21C(=O)OCc1nnsc1Cl. The molecule has 0 saturated carbocycles. The Bertz CT molecular complexity index is 978. The van der Waals surface area contributed by atoms with Crippen LogP contribution >= 0.6 is 23.1 Å². The predicted octanol–water partition coefficient (Wildman–Crippen LogP) is 2.62.